The second-order valence-corrected chi connectivity index (χ2v) is 3.15. The van der Waals surface area contributed by atoms with Crippen molar-refractivity contribution in [1.29, 1.82) is 0 Å². The number of benzene rings is 1. The van der Waals surface area contributed by atoms with E-state index in [1.54, 1.807) is 12.3 Å². The lowest BCUT2D eigenvalue weighted by Crippen LogP contribution is -1.98. The number of hydrogen-bond donors (Lipinski definition) is 1. The molecule has 0 aliphatic rings. The number of aromatic nitrogens is 1. The largest absolute Gasteiger partial charge is 0.421 e. The molecule has 1 aromatic carbocycles. The summed E-state index contributed by atoms with van der Waals surface area (Å²) in [5.41, 5.74) is 0.844. The first-order chi connectivity index (χ1) is 6.86. The predicted octanol–water partition coefficient (Wildman–Crippen LogP) is 2.27. The van der Waals surface area contributed by atoms with Crippen molar-refractivity contribution >= 4 is 21.9 Å². The second kappa shape index (κ2) is 2.48. The SMILES string of the molecule is O=c1oc2ccccc2c2cc[nH]c12. The van der Waals surface area contributed by atoms with Gasteiger partial charge in [0, 0.05) is 17.0 Å². The van der Waals surface area contributed by atoms with Gasteiger partial charge in [0.15, 0.2) is 0 Å². The fourth-order valence-electron chi connectivity index (χ4n) is 1.69. The summed E-state index contributed by atoms with van der Waals surface area (Å²) >= 11 is 0. The molecule has 0 spiro atoms. The van der Waals surface area contributed by atoms with Gasteiger partial charge in [-0.05, 0) is 12.1 Å². The van der Waals surface area contributed by atoms with Crippen LogP contribution in [0.3, 0.4) is 0 Å². The third-order valence-corrected chi connectivity index (χ3v) is 2.33. The van der Waals surface area contributed by atoms with Crippen LogP contribution < -0.4 is 5.63 Å². The van der Waals surface area contributed by atoms with E-state index in [1.165, 1.54) is 0 Å². The van der Waals surface area contributed by atoms with Crippen LogP contribution in [0.25, 0.3) is 21.9 Å². The summed E-state index contributed by atoms with van der Waals surface area (Å²) in [6, 6.07) is 9.39. The van der Waals surface area contributed by atoms with Crippen molar-refractivity contribution in [2.24, 2.45) is 0 Å². The third kappa shape index (κ3) is 0.836. The molecule has 2 heterocycles. The lowest BCUT2D eigenvalue weighted by Gasteiger charge is -1.96. The summed E-state index contributed by atoms with van der Waals surface area (Å²) in [5.74, 6) is 0. The molecule has 0 radical (unpaired) electrons. The summed E-state index contributed by atoms with van der Waals surface area (Å²) < 4.78 is 5.15. The van der Waals surface area contributed by atoms with Gasteiger partial charge in [-0.15, -0.1) is 0 Å². The van der Waals surface area contributed by atoms with E-state index in [9.17, 15) is 4.79 Å². The highest BCUT2D eigenvalue weighted by atomic mass is 16.4. The van der Waals surface area contributed by atoms with Crippen LogP contribution in [0.4, 0.5) is 0 Å². The van der Waals surface area contributed by atoms with Gasteiger partial charge >= 0.3 is 5.63 Å². The Morgan fingerprint density at radius 1 is 1.07 bits per heavy atom. The van der Waals surface area contributed by atoms with Crippen molar-refractivity contribution in [2.75, 3.05) is 0 Å². The van der Waals surface area contributed by atoms with E-state index in [1.807, 2.05) is 24.3 Å². The molecule has 0 unspecified atom stereocenters. The zero-order chi connectivity index (χ0) is 9.54. The maximum Gasteiger partial charge on any atom is 0.360 e. The van der Waals surface area contributed by atoms with Gasteiger partial charge in [-0.3, -0.25) is 0 Å². The molecule has 68 valence electrons. The Morgan fingerprint density at radius 2 is 1.93 bits per heavy atom. The van der Waals surface area contributed by atoms with Gasteiger partial charge in [-0.1, -0.05) is 18.2 Å². The monoisotopic (exact) mass is 185 g/mol. The first-order valence-corrected chi connectivity index (χ1v) is 4.35. The van der Waals surface area contributed by atoms with Crippen LogP contribution in [0.15, 0.2) is 45.7 Å². The van der Waals surface area contributed by atoms with E-state index < -0.39 is 0 Å². The van der Waals surface area contributed by atoms with Gasteiger partial charge in [0.1, 0.15) is 11.1 Å². The normalized spacial score (nSPS) is 11.1. The minimum absolute atomic E-state index is 0.316. The standard InChI is InChI=1S/C11H7NO2/c13-11-10-8(5-6-12-10)7-3-1-2-4-9(7)14-11/h1-6,12H. The molecule has 3 heteroatoms. The van der Waals surface area contributed by atoms with E-state index in [-0.39, 0.29) is 5.63 Å². The van der Waals surface area contributed by atoms with Gasteiger partial charge < -0.3 is 9.40 Å². The van der Waals surface area contributed by atoms with Crippen LogP contribution >= 0.6 is 0 Å². The zero-order valence-corrected chi connectivity index (χ0v) is 7.28. The summed E-state index contributed by atoms with van der Waals surface area (Å²) in [6.45, 7) is 0. The molecule has 0 bridgehead atoms. The molecule has 0 saturated carbocycles. The van der Waals surface area contributed by atoms with E-state index in [2.05, 4.69) is 4.98 Å². The topological polar surface area (TPSA) is 46.0 Å². The van der Waals surface area contributed by atoms with E-state index >= 15 is 0 Å². The predicted molar refractivity (Wildman–Crippen MR) is 54.3 cm³/mol. The summed E-state index contributed by atoms with van der Waals surface area (Å²) in [6.07, 6.45) is 1.74. The maximum atomic E-state index is 11.5. The summed E-state index contributed by atoms with van der Waals surface area (Å²) in [5, 5.41) is 1.88. The number of para-hydroxylation sites is 1. The molecule has 0 aliphatic carbocycles. The molecule has 3 nitrogen and oxygen atoms in total. The summed E-state index contributed by atoms with van der Waals surface area (Å²) in [7, 11) is 0. The highest BCUT2D eigenvalue weighted by Crippen LogP contribution is 2.20. The van der Waals surface area contributed by atoms with Crippen LogP contribution in [-0.4, -0.2) is 4.98 Å². The van der Waals surface area contributed by atoms with Crippen LogP contribution in [0.5, 0.6) is 0 Å². The Bertz CT molecular complexity index is 663. The molecule has 3 rings (SSSR count). The lowest BCUT2D eigenvalue weighted by molar-refractivity contribution is 0.568. The zero-order valence-electron chi connectivity index (χ0n) is 7.28. The van der Waals surface area contributed by atoms with Crippen LogP contribution in [0, 0.1) is 0 Å². The van der Waals surface area contributed by atoms with Crippen molar-refractivity contribution in [2.45, 2.75) is 0 Å². The fraction of sp³-hybridized carbons (Fsp3) is 0. The molecule has 3 aromatic rings. The molecule has 0 amide bonds. The highest BCUT2D eigenvalue weighted by molar-refractivity contribution is 6.02. The Balaban J connectivity index is 2.73. The fourth-order valence-corrected chi connectivity index (χ4v) is 1.69. The first-order valence-electron chi connectivity index (χ1n) is 4.35. The van der Waals surface area contributed by atoms with E-state index in [4.69, 9.17) is 4.42 Å². The molecule has 0 atom stereocenters. The number of H-pyrrole nitrogens is 1. The number of aromatic amines is 1. The third-order valence-electron chi connectivity index (χ3n) is 2.33. The number of hydrogen-bond acceptors (Lipinski definition) is 2. The Morgan fingerprint density at radius 3 is 2.86 bits per heavy atom. The Labute approximate surface area is 79.0 Å². The van der Waals surface area contributed by atoms with Crippen molar-refractivity contribution in [1.82, 2.24) is 4.98 Å². The number of rotatable bonds is 0. The van der Waals surface area contributed by atoms with Crippen molar-refractivity contribution in [3.63, 3.8) is 0 Å². The smallest absolute Gasteiger partial charge is 0.360 e. The molecular weight excluding hydrogens is 178 g/mol. The van der Waals surface area contributed by atoms with Gasteiger partial charge in [-0.25, -0.2) is 4.79 Å². The molecule has 0 aliphatic heterocycles. The average molecular weight is 185 g/mol. The molecule has 0 fully saturated rings. The highest BCUT2D eigenvalue weighted by Gasteiger charge is 2.06. The van der Waals surface area contributed by atoms with Gasteiger partial charge in [0.25, 0.3) is 0 Å². The van der Waals surface area contributed by atoms with Gasteiger partial charge in [0.2, 0.25) is 0 Å². The lowest BCUT2D eigenvalue weighted by atomic mass is 10.2. The summed E-state index contributed by atoms with van der Waals surface area (Å²) in [4.78, 5) is 14.3. The Hall–Kier alpha value is -2.03. The van der Waals surface area contributed by atoms with Gasteiger partial charge in [-0.2, -0.15) is 0 Å². The van der Waals surface area contributed by atoms with E-state index in [0.29, 0.717) is 11.1 Å². The number of fused-ring (bicyclic) bond motifs is 3. The second-order valence-electron chi connectivity index (χ2n) is 3.15. The molecular formula is C11H7NO2. The van der Waals surface area contributed by atoms with Crippen molar-refractivity contribution in [3.05, 3.63) is 46.9 Å². The molecule has 1 N–H and O–H groups in total. The van der Waals surface area contributed by atoms with E-state index in [0.717, 1.165) is 10.8 Å². The maximum absolute atomic E-state index is 11.5. The van der Waals surface area contributed by atoms with Crippen molar-refractivity contribution < 1.29 is 4.42 Å². The minimum Gasteiger partial charge on any atom is -0.421 e. The molecule has 14 heavy (non-hydrogen) atoms. The van der Waals surface area contributed by atoms with Crippen molar-refractivity contribution in [3.8, 4) is 0 Å². The average Bonchev–Trinajstić information content (AvgIpc) is 2.67. The van der Waals surface area contributed by atoms with Gasteiger partial charge in [0.05, 0.1) is 0 Å². The molecule has 0 saturated heterocycles. The van der Waals surface area contributed by atoms with Crippen LogP contribution in [-0.2, 0) is 0 Å². The Kier molecular flexibility index (Phi) is 1.31. The number of nitrogens with one attached hydrogen (secondary N) is 1. The van der Waals surface area contributed by atoms with Crippen LogP contribution in [0.1, 0.15) is 0 Å². The minimum atomic E-state index is -0.316. The first kappa shape index (κ1) is 7.38. The molecule has 2 aromatic heterocycles. The van der Waals surface area contributed by atoms with Crippen LogP contribution in [0.2, 0.25) is 0 Å². The quantitative estimate of drug-likeness (QED) is 0.546.